The van der Waals surface area contributed by atoms with Crippen LogP contribution in [0, 0.1) is 0 Å². The predicted octanol–water partition coefficient (Wildman–Crippen LogP) is 3.53. The van der Waals surface area contributed by atoms with E-state index in [0.717, 1.165) is 18.4 Å². The summed E-state index contributed by atoms with van der Waals surface area (Å²) in [7, 11) is 0. The van der Waals surface area contributed by atoms with E-state index in [4.69, 9.17) is 4.98 Å². The Balaban J connectivity index is 1.76. The summed E-state index contributed by atoms with van der Waals surface area (Å²) in [4.78, 5) is 30.5. The molecule has 2 aromatic carbocycles. The summed E-state index contributed by atoms with van der Waals surface area (Å²) in [6.45, 7) is 2.43. The Morgan fingerprint density at radius 3 is 2.59 bits per heavy atom. The molecular weight excluding hydrogens is 358 g/mol. The fourth-order valence-corrected chi connectivity index (χ4v) is 4.20. The van der Waals surface area contributed by atoms with Crippen LogP contribution in [0.1, 0.15) is 30.6 Å². The van der Waals surface area contributed by atoms with Crippen LogP contribution in [0.4, 0.5) is 0 Å². The molecule has 27 heavy (non-hydrogen) atoms. The number of aromatic nitrogens is 2. The van der Waals surface area contributed by atoms with Gasteiger partial charge in [-0.3, -0.25) is 14.2 Å². The maximum absolute atomic E-state index is 12.9. The van der Waals surface area contributed by atoms with Crippen LogP contribution in [-0.4, -0.2) is 21.5 Å². The monoisotopic (exact) mass is 379 g/mol. The summed E-state index contributed by atoms with van der Waals surface area (Å²) in [6.07, 6.45) is 2.07. The summed E-state index contributed by atoms with van der Waals surface area (Å²) >= 11 is 1.34. The topological polar surface area (TPSA) is 64.0 Å². The SMILES string of the molecule is CCn1c(S[C@@H](C(=O)NC2CC2)c2ccccc2)nc2ccccc2c1=O. The number of amides is 1. The minimum atomic E-state index is -0.447. The number of fused-ring (bicyclic) bond motifs is 1. The molecule has 0 aliphatic heterocycles. The molecule has 1 heterocycles. The molecule has 1 aliphatic carbocycles. The predicted molar refractivity (Wildman–Crippen MR) is 108 cm³/mol. The Labute approximate surface area is 161 Å². The van der Waals surface area contributed by atoms with Crippen molar-refractivity contribution in [3.8, 4) is 0 Å². The van der Waals surface area contributed by atoms with Crippen LogP contribution in [0.5, 0.6) is 0 Å². The third-order valence-corrected chi connectivity index (χ3v) is 5.87. The third-order valence-electron chi connectivity index (χ3n) is 4.63. The highest BCUT2D eigenvalue weighted by atomic mass is 32.2. The van der Waals surface area contributed by atoms with Gasteiger partial charge in [-0.15, -0.1) is 0 Å². The van der Waals surface area contributed by atoms with E-state index in [1.807, 2.05) is 55.5 Å². The van der Waals surface area contributed by atoms with Crippen LogP contribution in [-0.2, 0) is 11.3 Å². The molecule has 1 N–H and O–H groups in total. The smallest absolute Gasteiger partial charge is 0.262 e. The van der Waals surface area contributed by atoms with E-state index in [-0.39, 0.29) is 17.5 Å². The molecular formula is C21H21N3O2S. The van der Waals surface area contributed by atoms with Crippen molar-refractivity contribution < 1.29 is 4.79 Å². The summed E-state index contributed by atoms with van der Waals surface area (Å²) in [5.41, 5.74) is 1.50. The van der Waals surface area contributed by atoms with E-state index in [1.165, 1.54) is 11.8 Å². The largest absolute Gasteiger partial charge is 0.352 e. The lowest BCUT2D eigenvalue weighted by Gasteiger charge is -2.19. The van der Waals surface area contributed by atoms with Gasteiger partial charge in [0.1, 0.15) is 5.25 Å². The number of carbonyl (C=O) groups is 1. The lowest BCUT2D eigenvalue weighted by atomic mass is 10.1. The second-order valence-electron chi connectivity index (χ2n) is 6.65. The summed E-state index contributed by atoms with van der Waals surface area (Å²) < 4.78 is 1.65. The molecule has 3 aromatic rings. The fourth-order valence-electron chi connectivity index (χ4n) is 3.03. The molecule has 0 bridgehead atoms. The molecule has 0 unspecified atom stereocenters. The van der Waals surface area contributed by atoms with Crippen molar-refractivity contribution in [3.63, 3.8) is 0 Å². The Kier molecular flexibility index (Phi) is 4.99. The summed E-state index contributed by atoms with van der Waals surface area (Å²) in [5.74, 6) is -0.0289. The number of thioether (sulfide) groups is 1. The average Bonchev–Trinajstić information content (AvgIpc) is 3.51. The van der Waals surface area contributed by atoms with Gasteiger partial charge in [0, 0.05) is 12.6 Å². The molecule has 1 aromatic heterocycles. The van der Waals surface area contributed by atoms with Gasteiger partial charge in [-0.1, -0.05) is 54.2 Å². The first kappa shape index (κ1) is 17.8. The number of rotatable bonds is 6. The van der Waals surface area contributed by atoms with Gasteiger partial charge in [0.05, 0.1) is 10.9 Å². The maximum atomic E-state index is 12.9. The van der Waals surface area contributed by atoms with E-state index >= 15 is 0 Å². The van der Waals surface area contributed by atoms with Gasteiger partial charge in [-0.05, 0) is 37.5 Å². The number of para-hydroxylation sites is 1. The highest BCUT2D eigenvalue weighted by Gasteiger charge is 2.30. The Morgan fingerprint density at radius 2 is 1.89 bits per heavy atom. The first-order valence-electron chi connectivity index (χ1n) is 9.19. The molecule has 0 saturated heterocycles. The van der Waals surface area contributed by atoms with E-state index < -0.39 is 5.25 Å². The number of benzene rings is 2. The average molecular weight is 379 g/mol. The van der Waals surface area contributed by atoms with Crippen molar-refractivity contribution in [2.24, 2.45) is 0 Å². The lowest BCUT2D eigenvalue weighted by molar-refractivity contribution is -0.120. The second kappa shape index (κ2) is 7.56. The number of nitrogens with zero attached hydrogens (tertiary/aromatic N) is 2. The van der Waals surface area contributed by atoms with Gasteiger partial charge in [0.2, 0.25) is 5.91 Å². The molecule has 0 radical (unpaired) electrons. The van der Waals surface area contributed by atoms with Crippen molar-refractivity contribution >= 4 is 28.6 Å². The Hall–Kier alpha value is -2.60. The van der Waals surface area contributed by atoms with Gasteiger partial charge in [-0.25, -0.2) is 4.98 Å². The number of nitrogens with one attached hydrogen (secondary N) is 1. The van der Waals surface area contributed by atoms with Crippen LogP contribution in [0.25, 0.3) is 10.9 Å². The Morgan fingerprint density at radius 1 is 1.19 bits per heavy atom. The van der Waals surface area contributed by atoms with Crippen molar-refractivity contribution in [3.05, 3.63) is 70.5 Å². The van der Waals surface area contributed by atoms with Crippen LogP contribution >= 0.6 is 11.8 Å². The van der Waals surface area contributed by atoms with Gasteiger partial charge in [-0.2, -0.15) is 0 Å². The van der Waals surface area contributed by atoms with E-state index in [9.17, 15) is 9.59 Å². The van der Waals surface area contributed by atoms with Crippen molar-refractivity contribution in [1.29, 1.82) is 0 Å². The zero-order valence-corrected chi connectivity index (χ0v) is 15.9. The molecule has 1 fully saturated rings. The standard InChI is InChI=1S/C21H21N3O2S/c1-2-24-20(26)16-10-6-7-11-17(16)23-21(24)27-18(14-8-4-3-5-9-14)19(25)22-15-12-13-15/h3-11,15,18H,2,12-13H2,1H3,(H,22,25)/t18-/m1/s1. The molecule has 1 saturated carbocycles. The molecule has 1 aliphatic rings. The van der Waals surface area contributed by atoms with Gasteiger partial charge < -0.3 is 5.32 Å². The number of hydrogen-bond acceptors (Lipinski definition) is 4. The quantitative estimate of drug-likeness (QED) is 0.526. The zero-order valence-electron chi connectivity index (χ0n) is 15.1. The normalized spacial score (nSPS) is 14.9. The molecule has 4 rings (SSSR count). The third kappa shape index (κ3) is 3.76. The zero-order chi connectivity index (χ0) is 18.8. The first-order valence-corrected chi connectivity index (χ1v) is 10.1. The molecule has 0 spiro atoms. The maximum Gasteiger partial charge on any atom is 0.262 e. The van der Waals surface area contributed by atoms with Gasteiger partial charge in [0.15, 0.2) is 5.16 Å². The second-order valence-corrected chi connectivity index (χ2v) is 7.72. The molecule has 5 nitrogen and oxygen atoms in total. The van der Waals surface area contributed by atoms with E-state index in [0.29, 0.717) is 22.6 Å². The molecule has 1 amide bonds. The van der Waals surface area contributed by atoms with Crippen LogP contribution in [0.15, 0.2) is 64.5 Å². The van der Waals surface area contributed by atoms with Crippen molar-refractivity contribution in [1.82, 2.24) is 14.9 Å². The first-order chi connectivity index (χ1) is 13.2. The molecule has 138 valence electrons. The van der Waals surface area contributed by atoms with E-state index in [2.05, 4.69) is 5.32 Å². The summed E-state index contributed by atoms with van der Waals surface area (Å²) in [6, 6.07) is 17.3. The van der Waals surface area contributed by atoms with Crippen LogP contribution in [0.2, 0.25) is 0 Å². The Bertz CT molecular complexity index is 1030. The van der Waals surface area contributed by atoms with Crippen LogP contribution < -0.4 is 10.9 Å². The minimum Gasteiger partial charge on any atom is -0.352 e. The highest BCUT2D eigenvalue weighted by molar-refractivity contribution is 8.00. The van der Waals surface area contributed by atoms with Crippen molar-refractivity contribution in [2.45, 2.75) is 42.8 Å². The van der Waals surface area contributed by atoms with E-state index in [1.54, 1.807) is 10.6 Å². The number of hydrogen-bond donors (Lipinski definition) is 1. The minimum absolute atomic E-state index is 0.0289. The number of carbonyl (C=O) groups excluding carboxylic acids is 1. The van der Waals surface area contributed by atoms with Crippen LogP contribution in [0.3, 0.4) is 0 Å². The molecule has 1 atom stereocenters. The summed E-state index contributed by atoms with van der Waals surface area (Å²) in [5, 5.41) is 3.81. The van der Waals surface area contributed by atoms with Gasteiger partial charge in [0.25, 0.3) is 5.56 Å². The molecule has 6 heteroatoms. The fraction of sp³-hybridized carbons (Fsp3) is 0.286. The van der Waals surface area contributed by atoms with Crippen molar-refractivity contribution in [2.75, 3.05) is 0 Å². The van der Waals surface area contributed by atoms with Gasteiger partial charge >= 0.3 is 0 Å². The highest BCUT2D eigenvalue weighted by Crippen LogP contribution is 2.35. The lowest BCUT2D eigenvalue weighted by Crippen LogP contribution is -2.30.